The van der Waals surface area contributed by atoms with Crippen LogP contribution in [-0.4, -0.2) is 43.6 Å². The number of benzene rings is 1. The molecule has 2 fully saturated rings. The van der Waals surface area contributed by atoms with Crippen molar-refractivity contribution in [2.75, 3.05) is 26.8 Å². The lowest BCUT2D eigenvalue weighted by atomic mass is 9.56. The van der Waals surface area contributed by atoms with E-state index in [9.17, 15) is 14.0 Å². The summed E-state index contributed by atoms with van der Waals surface area (Å²) in [7, 11) is 1.23. The molecule has 1 saturated heterocycles. The van der Waals surface area contributed by atoms with Gasteiger partial charge in [-0.15, -0.1) is 0 Å². The molecule has 0 atom stereocenters. The van der Waals surface area contributed by atoms with Crippen molar-refractivity contribution >= 4 is 11.9 Å². The van der Waals surface area contributed by atoms with Crippen LogP contribution in [0.15, 0.2) is 18.2 Å². The van der Waals surface area contributed by atoms with E-state index in [2.05, 4.69) is 4.74 Å². The Kier molecular flexibility index (Phi) is 6.73. The predicted octanol–water partition coefficient (Wildman–Crippen LogP) is 4.84. The van der Waals surface area contributed by atoms with E-state index in [0.717, 1.165) is 44.7 Å². The number of carbonyl (C=O) groups excluding carboxylic acids is 2. The van der Waals surface area contributed by atoms with E-state index in [1.807, 2.05) is 25.7 Å². The van der Waals surface area contributed by atoms with E-state index < -0.39 is 11.8 Å². The molecule has 5 nitrogen and oxygen atoms in total. The lowest BCUT2D eigenvalue weighted by Gasteiger charge is -2.53. The molecular formula is C24H34FNO4. The quantitative estimate of drug-likeness (QED) is 0.489. The molecule has 1 saturated carbocycles. The van der Waals surface area contributed by atoms with E-state index in [1.54, 1.807) is 6.07 Å². The summed E-state index contributed by atoms with van der Waals surface area (Å²) in [4.78, 5) is 25.9. The number of nitrogens with zero attached hydrogens (tertiary/aromatic N) is 1. The van der Waals surface area contributed by atoms with Gasteiger partial charge < -0.3 is 14.4 Å². The highest BCUT2D eigenvalue weighted by Crippen LogP contribution is 2.54. The first-order chi connectivity index (χ1) is 14.1. The van der Waals surface area contributed by atoms with E-state index in [4.69, 9.17) is 4.74 Å². The molecule has 6 heteroatoms. The summed E-state index contributed by atoms with van der Waals surface area (Å²) in [5.74, 6) is 0.0996. The zero-order chi connectivity index (χ0) is 21.9. The van der Waals surface area contributed by atoms with Crippen LogP contribution in [0.3, 0.4) is 0 Å². The van der Waals surface area contributed by atoms with Crippen molar-refractivity contribution in [2.24, 2.45) is 16.7 Å². The fraction of sp³-hybridized carbons (Fsp3) is 0.667. The molecule has 0 unspecified atom stereocenters. The summed E-state index contributed by atoms with van der Waals surface area (Å²) in [5.41, 5.74) is 0.0576. The molecule has 1 amide bonds. The average molecular weight is 420 g/mol. The number of methoxy groups -OCH3 is 1. The highest BCUT2D eigenvalue weighted by molar-refractivity contribution is 5.89. The number of carbonyl (C=O) groups is 2. The van der Waals surface area contributed by atoms with Gasteiger partial charge in [0, 0.05) is 24.6 Å². The summed E-state index contributed by atoms with van der Waals surface area (Å²) in [6.45, 7) is 8.28. The largest absolute Gasteiger partial charge is 0.493 e. The summed E-state index contributed by atoms with van der Waals surface area (Å²) in [6.07, 6.45) is 6.76. The van der Waals surface area contributed by atoms with Crippen LogP contribution >= 0.6 is 0 Å². The van der Waals surface area contributed by atoms with Gasteiger partial charge in [0.15, 0.2) is 0 Å². The maximum Gasteiger partial charge on any atom is 0.340 e. The summed E-state index contributed by atoms with van der Waals surface area (Å²) < 4.78 is 24.1. The lowest BCUT2D eigenvalue weighted by Crippen LogP contribution is -2.51. The maximum absolute atomic E-state index is 13.9. The highest BCUT2D eigenvalue weighted by Gasteiger charge is 2.46. The summed E-state index contributed by atoms with van der Waals surface area (Å²) in [6, 6.07) is 4.22. The molecule has 166 valence electrons. The van der Waals surface area contributed by atoms with Crippen LogP contribution < -0.4 is 4.74 Å². The van der Waals surface area contributed by atoms with Crippen LogP contribution in [0.1, 0.15) is 69.7 Å². The minimum Gasteiger partial charge on any atom is -0.493 e. The fourth-order valence-corrected chi connectivity index (χ4v) is 4.86. The first-order valence-electron chi connectivity index (χ1n) is 10.9. The predicted molar refractivity (Wildman–Crippen MR) is 113 cm³/mol. The lowest BCUT2D eigenvalue weighted by molar-refractivity contribution is -0.143. The van der Waals surface area contributed by atoms with E-state index in [1.165, 1.54) is 32.1 Å². The Morgan fingerprint density at radius 2 is 1.87 bits per heavy atom. The number of likely N-dealkylation sites (tertiary alicyclic amines) is 1. The molecule has 1 aromatic carbocycles. The molecule has 0 aromatic heterocycles. The number of ether oxygens (including phenoxy) is 2. The molecule has 2 aliphatic rings. The molecule has 1 aliphatic heterocycles. The third-order valence-corrected chi connectivity index (χ3v) is 6.57. The Morgan fingerprint density at radius 1 is 1.20 bits per heavy atom. The Morgan fingerprint density at radius 3 is 2.43 bits per heavy atom. The second kappa shape index (κ2) is 8.94. The number of esters is 1. The van der Waals surface area contributed by atoms with Gasteiger partial charge in [0.2, 0.25) is 5.91 Å². The third kappa shape index (κ3) is 5.13. The van der Waals surface area contributed by atoms with E-state index in [-0.39, 0.29) is 16.9 Å². The average Bonchev–Trinajstić information content (AvgIpc) is 2.68. The molecular weight excluding hydrogens is 385 g/mol. The van der Waals surface area contributed by atoms with Gasteiger partial charge in [0.25, 0.3) is 0 Å². The van der Waals surface area contributed by atoms with E-state index in [0.29, 0.717) is 17.8 Å². The number of hydrogen-bond acceptors (Lipinski definition) is 4. The van der Waals surface area contributed by atoms with Gasteiger partial charge in [-0.3, -0.25) is 4.79 Å². The number of amides is 1. The molecule has 1 heterocycles. The zero-order valence-electron chi connectivity index (χ0n) is 18.6. The zero-order valence-corrected chi connectivity index (χ0v) is 18.6. The monoisotopic (exact) mass is 419 g/mol. The molecule has 1 spiro atoms. The van der Waals surface area contributed by atoms with Crippen molar-refractivity contribution in [3.63, 3.8) is 0 Å². The summed E-state index contributed by atoms with van der Waals surface area (Å²) >= 11 is 0. The summed E-state index contributed by atoms with van der Waals surface area (Å²) in [5, 5.41) is 0. The maximum atomic E-state index is 13.9. The number of rotatable bonds is 6. The Bertz CT molecular complexity index is 770. The third-order valence-electron chi connectivity index (χ3n) is 6.57. The Balaban J connectivity index is 1.35. The molecule has 0 radical (unpaired) electrons. The van der Waals surface area contributed by atoms with Crippen molar-refractivity contribution < 1.29 is 23.5 Å². The van der Waals surface area contributed by atoms with Gasteiger partial charge in [-0.05, 0) is 62.0 Å². The van der Waals surface area contributed by atoms with Crippen molar-refractivity contribution in [3.8, 4) is 5.75 Å². The standard InChI is InChI=1S/C24H34FNO4/c1-23(2,3)22(28)26-11-9-24(10-12-26)15-17(16-24)6-5-13-30-18-7-8-19(20(25)14-18)21(27)29-4/h7-8,14,17H,5-6,9-13,15-16H2,1-4H3. The minimum absolute atomic E-state index is 0.0835. The molecule has 0 N–H and O–H groups in total. The van der Waals surface area contributed by atoms with Gasteiger partial charge in [-0.25, -0.2) is 9.18 Å². The first kappa shape index (κ1) is 22.6. The van der Waals surface area contributed by atoms with Gasteiger partial charge in [0.1, 0.15) is 11.6 Å². The molecule has 1 aliphatic carbocycles. The van der Waals surface area contributed by atoms with Crippen LogP contribution in [0.5, 0.6) is 5.75 Å². The molecule has 1 aromatic rings. The fourth-order valence-electron chi connectivity index (χ4n) is 4.86. The van der Waals surface area contributed by atoms with Gasteiger partial charge in [-0.1, -0.05) is 20.8 Å². The van der Waals surface area contributed by atoms with Gasteiger partial charge in [0.05, 0.1) is 19.3 Å². The molecule has 3 rings (SSSR count). The highest BCUT2D eigenvalue weighted by atomic mass is 19.1. The Labute approximate surface area is 178 Å². The normalized spacial score (nSPS) is 18.8. The number of piperidine rings is 1. The smallest absolute Gasteiger partial charge is 0.340 e. The first-order valence-corrected chi connectivity index (χ1v) is 10.9. The van der Waals surface area contributed by atoms with Gasteiger partial charge >= 0.3 is 5.97 Å². The number of halogens is 1. The second-order valence-corrected chi connectivity index (χ2v) is 9.94. The van der Waals surface area contributed by atoms with Crippen LogP contribution in [0.25, 0.3) is 0 Å². The minimum atomic E-state index is -0.688. The topological polar surface area (TPSA) is 55.8 Å². The van der Waals surface area contributed by atoms with Crippen molar-refractivity contribution in [1.82, 2.24) is 4.90 Å². The molecule has 30 heavy (non-hydrogen) atoms. The van der Waals surface area contributed by atoms with Crippen LogP contribution in [0.4, 0.5) is 4.39 Å². The molecule has 0 bridgehead atoms. The van der Waals surface area contributed by atoms with Crippen molar-refractivity contribution in [3.05, 3.63) is 29.6 Å². The van der Waals surface area contributed by atoms with Crippen LogP contribution in [0, 0.1) is 22.6 Å². The van der Waals surface area contributed by atoms with Crippen LogP contribution in [-0.2, 0) is 9.53 Å². The van der Waals surface area contributed by atoms with Crippen molar-refractivity contribution in [1.29, 1.82) is 0 Å². The Hall–Kier alpha value is -2.11. The number of hydrogen-bond donors (Lipinski definition) is 0. The van der Waals surface area contributed by atoms with Crippen LogP contribution in [0.2, 0.25) is 0 Å². The second-order valence-electron chi connectivity index (χ2n) is 9.94. The van der Waals surface area contributed by atoms with Crippen molar-refractivity contribution in [2.45, 2.75) is 59.3 Å². The van der Waals surface area contributed by atoms with Gasteiger partial charge in [-0.2, -0.15) is 0 Å². The SMILES string of the molecule is COC(=O)c1ccc(OCCCC2CC3(CCN(C(=O)C(C)(C)C)CC3)C2)cc1F. The van der Waals surface area contributed by atoms with E-state index >= 15 is 0 Å².